The predicted molar refractivity (Wildman–Crippen MR) is 102 cm³/mol. The molecule has 7 nitrogen and oxygen atoms in total. The number of aryl methyl sites for hydroxylation is 1. The van der Waals surface area contributed by atoms with Gasteiger partial charge in [0.1, 0.15) is 11.6 Å². The molecule has 1 atom stereocenters. The molecule has 0 aliphatic carbocycles. The number of hydrogen-bond donors (Lipinski definition) is 0. The average molecular weight is 356 g/mol. The molecule has 7 heteroatoms. The summed E-state index contributed by atoms with van der Waals surface area (Å²) in [7, 11) is 6.17. The van der Waals surface area contributed by atoms with Crippen LogP contribution >= 0.6 is 0 Å². The number of likely N-dealkylation sites (N-methyl/N-ethyl adjacent to an activating group) is 1. The van der Waals surface area contributed by atoms with Gasteiger partial charge in [0.25, 0.3) is 5.91 Å². The Balaban J connectivity index is 1.67. The van der Waals surface area contributed by atoms with E-state index in [9.17, 15) is 4.79 Å². The first-order valence-electron chi connectivity index (χ1n) is 9.12. The quantitative estimate of drug-likeness (QED) is 0.787. The number of carbonyl (C=O) groups excluding carboxylic acids is 1. The van der Waals surface area contributed by atoms with Crippen molar-refractivity contribution in [2.45, 2.75) is 25.9 Å². The van der Waals surface area contributed by atoms with Gasteiger partial charge in [-0.15, -0.1) is 0 Å². The number of aromatic nitrogens is 3. The van der Waals surface area contributed by atoms with Crippen LogP contribution in [-0.2, 0) is 13.6 Å². The standard InChI is InChI=1S/C19H28N6O/c1-5-24(14-18-20-9-11-23(18)4)19(26)15-6-7-17(21-12-15)25-10-8-16(13-25)22(2)3/h6-7,9,11-12,16H,5,8,10,13-14H2,1-4H3/t16-/m1/s1. The summed E-state index contributed by atoms with van der Waals surface area (Å²) in [6.07, 6.45) is 6.48. The highest BCUT2D eigenvalue weighted by atomic mass is 16.2. The summed E-state index contributed by atoms with van der Waals surface area (Å²) in [6.45, 7) is 5.09. The highest BCUT2D eigenvalue weighted by Gasteiger charge is 2.25. The molecule has 1 fully saturated rings. The van der Waals surface area contributed by atoms with Gasteiger partial charge in [-0.2, -0.15) is 0 Å². The van der Waals surface area contributed by atoms with Gasteiger partial charge in [0.05, 0.1) is 12.1 Å². The number of hydrogen-bond acceptors (Lipinski definition) is 5. The second kappa shape index (κ2) is 7.86. The van der Waals surface area contributed by atoms with Crippen molar-refractivity contribution < 1.29 is 4.79 Å². The molecule has 3 rings (SSSR count). The molecule has 26 heavy (non-hydrogen) atoms. The first-order valence-corrected chi connectivity index (χ1v) is 9.12. The Labute approximate surface area is 155 Å². The molecule has 0 unspecified atom stereocenters. The van der Waals surface area contributed by atoms with Crippen LogP contribution in [0.1, 0.15) is 29.5 Å². The Hall–Kier alpha value is -2.41. The van der Waals surface area contributed by atoms with Crippen LogP contribution in [0.4, 0.5) is 5.82 Å². The van der Waals surface area contributed by atoms with Crippen LogP contribution in [0.25, 0.3) is 0 Å². The maximum atomic E-state index is 12.8. The molecule has 1 aliphatic heterocycles. The first-order chi connectivity index (χ1) is 12.5. The number of carbonyl (C=O) groups is 1. The van der Waals surface area contributed by atoms with Crippen molar-refractivity contribution >= 4 is 11.7 Å². The van der Waals surface area contributed by atoms with Gasteiger partial charge in [-0.1, -0.05) is 0 Å². The van der Waals surface area contributed by atoms with Gasteiger partial charge >= 0.3 is 0 Å². The Morgan fingerprint density at radius 1 is 1.31 bits per heavy atom. The summed E-state index contributed by atoms with van der Waals surface area (Å²) in [4.78, 5) is 28.0. The van der Waals surface area contributed by atoms with Crippen LogP contribution in [0.3, 0.4) is 0 Å². The van der Waals surface area contributed by atoms with Crippen molar-refractivity contribution in [3.05, 3.63) is 42.1 Å². The van der Waals surface area contributed by atoms with Crippen molar-refractivity contribution in [1.29, 1.82) is 0 Å². The number of amides is 1. The van der Waals surface area contributed by atoms with Crippen LogP contribution in [-0.4, -0.2) is 70.0 Å². The van der Waals surface area contributed by atoms with Gasteiger partial charge in [-0.3, -0.25) is 4.79 Å². The first kappa shape index (κ1) is 18.4. The van der Waals surface area contributed by atoms with Gasteiger partial charge < -0.3 is 19.3 Å². The van der Waals surface area contributed by atoms with E-state index in [1.54, 1.807) is 17.3 Å². The maximum Gasteiger partial charge on any atom is 0.255 e. The summed E-state index contributed by atoms with van der Waals surface area (Å²) in [6, 6.07) is 4.40. The van der Waals surface area contributed by atoms with Crippen molar-refractivity contribution in [2.75, 3.05) is 38.6 Å². The van der Waals surface area contributed by atoms with E-state index in [0.717, 1.165) is 31.2 Å². The summed E-state index contributed by atoms with van der Waals surface area (Å²) in [5.41, 5.74) is 0.619. The van der Waals surface area contributed by atoms with Crippen LogP contribution < -0.4 is 4.90 Å². The maximum absolute atomic E-state index is 12.8. The van der Waals surface area contributed by atoms with Gasteiger partial charge in [-0.05, 0) is 39.6 Å². The smallest absolute Gasteiger partial charge is 0.255 e. The van der Waals surface area contributed by atoms with Gasteiger partial charge in [0.15, 0.2) is 0 Å². The molecule has 140 valence electrons. The molecule has 1 amide bonds. The number of anilines is 1. The Kier molecular flexibility index (Phi) is 5.56. The third kappa shape index (κ3) is 3.88. The van der Waals surface area contributed by atoms with E-state index in [-0.39, 0.29) is 5.91 Å². The number of pyridine rings is 1. The van der Waals surface area contributed by atoms with Crippen molar-refractivity contribution in [3.63, 3.8) is 0 Å². The van der Waals surface area contributed by atoms with Crippen molar-refractivity contribution in [1.82, 2.24) is 24.3 Å². The lowest BCUT2D eigenvalue weighted by Gasteiger charge is -2.22. The molecule has 0 aromatic carbocycles. The Morgan fingerprint density at radius 3 is 2.65 bits per heavy atom. The number of rotatable bonds is 6. The topological polar surface area (TPSA) is 57.5 Å². The zero-order valence-corrected chi connectivity index (χ0v) is 16.1. The van der Waals surface area contributed by atoms with Crippen LogP contribution in [0, 0.1) is 0 Å². The molecule has 0 spiro atoms. The zero-order valence-electron chi connectivity index (χ0n) is 16.1. The normalized spacial score (nSPS) is 17.1. The van der Waals surface area contributed by atoms with E-state index in [2.05, 4.69) is 33.9 Å². The fourth-order valence-electron chi connectivity index (χ4n) is 3.30. The lowest BCUT2D eigenvalue weighted by atomic mass is 10.2. The molecule has 0 radical (unpaired) electrons. The molecule has 1 aliphatic rings. The van der Waals surface area contributed by atoms with E-state index in [1.165, 1.54) is 0 Å². The van der Waals surface area contributed by atoms with E-state index < -0.39 is 0 Å². The second-order valence-electron chi connectivity index (χ2n) is 7.03. The minimum atomic E-state index is -0.0119. The molecule has 0 saturated carbocycles. The largest absolute Gasteiger partial charge is 0.355 e. The predicted octanol–water partition coefficient (Wildman–Crippen LogP) is 1.62. The van der Waals surface area contributed by atoms with Crippen molar-refractivity contribution in [3.8, 4) is 0 Å². The lowest BCUT2D eigenvalue weighted by Crippen LogP contribution is -2.32. The number of nitrogens with zero attached hydrogens (tertiary/aromatic N) is 6. The van der Waals surface area contributed by atoms with Crippen molar-refractivity contribution in [2.24, 2.45) is 7.05 Å². The molecular formula is C19H28N6O. The van der Waals surface area contributed by atoms with E-state index in [1.807, 2.05) is 36.9 Å². The molecule has 0 bridgehead atoms. The van der Waals surface area contributed by atoms with E-state index >= 15 is 0 Å². The minimum Gasteiger partial charge on any atom is -0.355 e. The fraction of sp³-hybridized carbons (Fsp3) is 0.526. The monoisotopic (exact) mass is 356 g/mol. The molecular weight excluding hydrogens is 328 g/mol. The SMILES string of the molecule is CCN(Cc1nccn1C)C(=O)c1ccc(N2CC[C@@H](N(C)C)C2)nc1. The molecule has 0 N–H and O–H groups in total. The second-order valence-corrected chi connectivity index (χ2v) is 7.03. The molecule has 2 aromatic heterocycles. The van der Waals surface area contributed by atoms with E-state index in [4.69, 9.17) is 0 Å². The summed E-state index contributed by atoms with van der Waals surface area (Å²) < 4.78 is 1.94. The van der Waals surface area contributed by atoms with Gasteiger partial charge in [-0.25, -0.2) is 9.97 Å². The summed E-state index contributed by atoms with van der Waals surface area (Å²) >= 11 is 0. The molecule has 2 aromatic rings. The zero-order chi connectivity index (χ0) is 18.7. The third-order valence-electron chi connectivity index (χ3n) is 5.13. The van der Waals surface area contributed by atoms with Crippen LogP contribution in [0.5, 0.6) is 0 Å². The van der Waals surface area contributed by atoms with Gasteiger partial charge in [0.2, 0.25) is 0 Å². The molecule has 3 heterocycles. The van der Waals surface area contributed by atoms with Crippen LogP contribution in [0.2, 0.25) is 0 Å². The Bertz CT molecular complexity index is 739. The minimum absolute atomic E-state index is 0.0119. The number of imidazole rings is 1. The fourth-order valence-corrected chi connectivity index (χ4v) is 3.30. The average Bonchev–Trinajstić information content (AvgIpc) is 3.29. The third-order valence-corrected chi connectivity index (χ3v) is 5.13. The summed E-state index contributed by atoms with van der Waals surface area (Å²) in [5, 5.41) is 0. The highest BCUT2D eigenvalue weighted by molar-refractivity contribution is 5.94. The van der Waals surface area contributed by atoms with Crippen LogP contribution in [0.15, 0.2) is 30.7 Å². The summed E-state index contributed by atoms with van der Waals surface area (Å²) in [5.74, 6) is 1.80. The van der Waals surface area contributed by atoms with E-state index in [0.29, 0.717) is 24.7 Å². The molecule has 1 saturated heterocycles. The lowest BCUT2D eigenvalue weighted by molar-refractivity contribution is 0.0747. The highest BCUT2D eigenvalue weighted by Crippen LogP contribution is 2.20. The Morgan fingerprint density at radius 2 is 2.12 bits per heavy atom. The van der Waals surface area contributed by atoms with Gasteiger partial charge in [0, 0.05) is 51.3 Å².